The number of fused-ring (bicyclic) bond motifs is 3. The summed E-state index contributed by atoms with van der Waals surface area (Å²) in [6.45, 7) is 2.09. The lowest BCUT2D eigenvalue weighted by atomic mass is 10.0. The molecule has 0 saturated carbocycles. The molecule has 2 aliphatic heterocycles. The highest BCUT2D eigenvalue weighted by Crippen LogP contribution is 2.39. The predicted octanol–water partition coefficient (Wildman–Crippen LogP) is 1.18. The van der Waals surface area contributed by atoms with Gasteiger partial charge in [-0.2, -0.15) is 0 Å². The average molecular weight is 330 g/mol. The standard InChI is InChI=1S/C17H19N3O2S/c1-20-7-6-12-13(9-20)23-17-14(12)16(21)18-15(19-17)10-4-3-5-11(8-10)22-2/h3-5,8,15,19H,6-7,9H2,1-2H3,(H,18,21)/p+1/t15-/m1/s1. The summed E-state index contributed by atoms with van der Waals surface area (Å²) in [6, 6.07) is 7.79. The lowest BCUT2D eigenvalue weighted by molar-refractivity contribution is -0.895. The van der Waals surface area contributed by atoms with Crippen LogP contribution in [0.1, 0.15) is 32.5 Å². The molecule has 6 heteroatoms. The Labute approximate surface area is 139 Å². The number of rotatable bonds is 2. The molecule has 2 aromatic rings. The molecular formula is C17H20N3O2S+. The van der Waals surface area contributed by atoms with Gasteiger partial charge in [-0.15, -0.1) is 11.3 Å². The average Bonchev–Trinajstić information content (AvgIpc) is 2.92. The molecule has 4 rings (SSSR count). The molecule has 0 spiro atoms. The molecular weight excluding hydrogens is 310 g/mol. The van der Waals surface area contributed by atoms with Crippen LogP contribution < -0.4 is 20.3 Å². The minimum atomic E-state index is -0.213. The summed E-state index contributed by atoms with van der Waals surface area (Å²) in [4.78, 5) is 15.5. The minimum absolute atomic E-state index is 0.0311. The number of hydrogen-bond donors (Lipinski definition) is 3. The first-order chi connectivity index (χ1) is 11.2. The van der Waals surface area contributed by atoms with Crippen molar-refractivity contribution in [3.05, 3.63) is 45.8 Å². The van der Waals surface area contributed by atoms with Gasteiger partial charge < -0.3 is 20.3 Å². The van der Waals surface area contributed by atoms with Gasteiger partial charge in [-0.3, -0.25) is 4.79 Å². The number of carbonyl (C=O) groups is 1. The van der Waals surface area contributed by atoms with Crippen LogP contribution in [0.5, 0.6) is 5.75 Å². The molecule has 0 aliphatic carbocycles. The summed E-state index contributed by atoms with van der Waals surface area (Å²) in [5.41, 5.74) is 3.10. The second-order valence-corrected chi connectivity index (χ2v) is 7.27. The minimum Gasteiger partial charge on any atom is -0.497 e. The van der Waals surface area contributed by atoms with E-state index >= 15 is 0 Å². The third-order valence-corrected chi connectivity index (χ3v) is 5.72. The van der Waals surface area contributed by atoms with E-state index in [2.05, 4.69) is 17.7 Å². The van der Waals surface area contributed by atoms with Crippen molar-refractivity contribution < 1.29 is 14.4 Å². The molecule has 23 heavy (non-hydrogen) atoms. The molecule has 2 atom stereocenters. The molecule has 0 bridgehead atoms. The number of ether oxygens (including phenoxy) is 1. The Kier molecular flexibility index (Phi) is 3.50. The Morgan fingerprint density at radius 2 is 2.22 bits per heavy atom. The van der Waals surface area contributed by atoms with E-state index in [1.807, 2.05) is 24.3 Å². The molecule has 2 aliphatic rings. The number of quaternary nitrogens is 1. The van der Waals surface area contributed by atoms with Gasteiger partial charge in [0.25, 0.3) is 5.91 Å². The number of anilines is 1. The Hall–Kier alpha value is -2.05. The summed E-state index contributed by atoms with van der Waals surface area (Å²) < 4.78 is 5.28. The first kappa shape index (κ1) is 14.5. The van der Waals surface area contributed by atoms with Crippen LogP contribution in [0, 0.1) is 0 Å². The Morgan fingerprint density at radius 3 is 3.04 bits per heavy atom. The fourth-order valence-electron chi connectivity index (χ4n) is 3.32. The Morgan fingerprint density at radius 1 is 1.35 bits per heavy atom. The van der Waals surface area contributed by atoms with E-state index in [-0.39, 0.29) is 12.1 Å². The van der Waals surface area contributed by atoms with E-state index in [9.17, 15) is 4.79 Å². The van der Waals surface area contributed by atoms with Crippen LogP contribution in [0.3, 0.4) is 0 Å². The molecule has 3 heterocycles. The highest BCUT2D eigenvalue weighted by molar-refractivity contribution is 7.16. The van der Waals surface area contributed by atoms with Gasteiger partial charge >= 0.3 is 0 Å². The number of likely N-dealkylation sites (N-methyl/N-ethyl adjacent to an activating group) is 1. The van der Waals surface area contributed by atoms with Gasteiger partial charge in [-0.1, -0.05) is 12.1 Å². The van der Waals surface area contributed by atoms with Crippen molar-refractivity contribution >= 4 is 22.2 Å². The third kappa shape index (κ3) is 2.48. The largest absolute Gasteiger partial charge is 0.497 e. The number of benzene rings is 1. The number of amides is 1. The molecule has 3 N–H and O–H groups in total. The number of carbonyl (C=O) groups excluding carboxylic acids is 1. The van der Waals surface area contributed by atoms with Crippen LogP contribution in [-0.4, -0.2) is 26.6 Å². The Balaban J connectivity index is 1.68. The molecule has 0 fully saturated rings. The monoisotopic (exact) mass is 330 g/mol. The number of methoxy groups -OCH3 is 1. The van der Waals surface area contributed by atoms with Gasteiger partial charge in [0.05, 0.1) is 31.1 Å². The van der Waals surface area contributed by atoms with Gasteiger partial charge in [0.15, 0.2) is 0 Å². The van der Waals surface area contributed by atoms with Crippen LogP contribution in [0.25, 0.3) is 0 Å². The summed E-state index contributed by atoms with van der Waals surface area (Å²) in [6.07, 6.45) is 0.765. The van der Waals surface area contributed by atoms with Crippen molar-refractivity contribution in [1.29, 1.82) is 0 Å². The van der Waals surface area contributed by atoms with E-state index in [0.29, 0.717) is 0 Å². The van der Waals surface area contributed by atoms with Crippen LogP contribution >= 0.6 is 11.3 Å². The van der Waals surface area contributed by atoms with Crippen LogP contribution in [-0.2, 0) is 13.0 Å². The normalized spacial score (nSPS) is 22.6. The zero-order valence-corrected chi connectivity index (χ0v) is 14.0. The van der Waals surface area contributed by atoms with Gasteiger partial charge in [0.1, 0.15) is 23.5 Å². The number of nitrogens with one attached hydrogen (secondary N) is 3. The first-order valence-electron chi connectivity index (χ1n) is 7.83. The molecule has 5 nitrogen and oxygen atoms in total. The molecule has 1 aromatic heterocycles. The van der Waals surface area contributed by atoms with E-state index in [1.165, 1.54) is 15.3 Å². The first-order valence-corrected chi connectivity index (χ1v) is 8.64. The van der Waals surface area contributed by atoms with Gasteiger partial charge in [0.2, 0.25) is 0 Å². The Bertz CT molecular complexity index is 771. The number of thiophene rings is 1. The highest BCUT2D eigenvalue weighted by atomic mass is 32.1. The number of hydrogen-bond acceptors (Lipinski definition) is 4. The van der Waals surface area contributed by atoms with E-state index in [1.54, 1.807) is 18.4 Å². The van der Waals surface area contributed by atoms with Crippen molar-refractivity contribution in [1.82, 2.24) is 5.32 Å². The molecule has 0 radical (unpaired) electrons. The van der Waals surface area contributed by atoms with Crippen molar-refractivity contribution in [2.24, 2.45) is 0 Å². The quantitative estimate of drug-likeness (QED) is 0.775. The lowest BCUT2D eigenvalue weighted by Crippen LogP contribution is -3.08. The van der Waals surface area contributed by atoms with Gasteiger partial charge in [-0.05, 0) is 23.3 Å². The van der Waals surface area contributed by atoms with Gasteiger partial charge in [-0.25, -0.2) is 0 Å². The molecule has 0 saturated heterocycles. The highest BCUT2D eigenvalue weighted by Gasteiger charge is 2.33. The van der Waals surface area contributed by atoms with Crippen molar-refractivity contribution in [3.63, 3.8) is 0 Å². The molecule has 120 valence electrons. The maximum absolute atomic E-state index is 12.7. The topological polar surface area (TPSA) is 54.8 Å². The molecule has 1 aromatic carbocycles. The van der Waals surface area contributed by atoms with Gasteiger partial charge in [0, 0.05) is 6.42 Å². The summed E-state index contributed by atoms with van der Waals surface area (Å²) in [5.74, 6) is 0.823. The fourth-order valence-corrected chi connectivity index (χ4v) is 4.71. The zero-order chi connectivity index (χ0) is 16.0. The van der Waals surface area contributed by atoms with Crippen LogP contribution in [0.4, 0.5) is 5.00 Å². The second-order valence-electron chi connectivity index (χ2n) is 6.17. The van der Waals surface area contributed by atoms with Crippen molar-refractivity contribution in [3.8, 4) is 5.75 Å². The van der Waals surface area contributed by atoms with E-state index < -0.39 is 0 Å². The third-order valence-electron chi connectivity index (χ3n) is 4.56. The molecule has 1 unspecified atom stereocenters. The second kappa shape index (κ2) is 5.54. The maximum Gasteiger partial charge on any atom is 0.256 e. The fraction of sp³-hybridized carbons (Fsp3) is 0.353. The summed E-state index contributed by atoms with van der Waals surface area (Å²) in [7, 11) is 3.85. The molecule has 1 amide bonds. The smallest absolute Gasteiger partial charge is 0.256 e. The van der Waals surface area contributed by atoms with Crippen molar-refractivity contribution in [2.45, 2.75) is 19.1 Å². The van der Waals surface area contributed by atoms with E-state index in [4.69, 9.17) is 4.74 Å². The summed E-state index contributed by atoms with van der Waals surface area (Å²) in [5, 5.41) is 7.57. The van der Waals surface area contributed by atoms with E-state index in [0.717, 1.165) is 41.4 Å². The maximum atomic E-state index is 12.7. The van der Waals surface area contributed by atoms with Crippen LogP contribution in [0.2, 0.25) is 0 Å². The predicted molar refractivity (Wildman–Crippen MR) is 90.3 cm³/mol. The SMILES string of the molecule is COc1cccc([C@@H]2NC(=O)c3c(sc4c3CC[NH+](C)C4)N2)c1. The lowest BCUT2D eigenvalue weighted by Gasteiger charge is -2.27. The van der Waals surface area contributed by atoms with Crippen molar-refractivity contribution in [2.75, 3.05) is 26.0 Å². The zero-order valence-electron chi connectivity index (χ0n) is 13.2. The van der Waals surface area contributed by atoms with Crippen LogP contribution in [0.15, 0.2) is 24.3 Å². The summed E-state index contributed by atoms with van der Waals surface area (Å²) >= 11 is 1.73.